The van der Waals surface area contributed by atoms with Crippen LogP contribution in [0.2, 0.25) is 0 Å². The van der Waals surface area contributed by atoms with Crippen LogP contribution >= 0.6 is 0 Å². The number of hydrogen-bond acceptors (Lipinski definition) is 7. The first kappa shape index (κ1) is 27.8. The Morgan fingerprint density at radius 1 is 1.03 bits per heavy atom. The first-order valence-corrected chi connectivity index (χ1v) is 12.0. The lowest BCUT2D eigenvalue weighted by Crippen LogP contribution is -2.18. The van der Waals surface area contributed by atoms with Gasteiger partial charge in [-0.15, -0.1) is 0 Å². The van der Waals surface area contributed by atoms with E-state index in [0.29, 0.717) is 53.2 Å². The van der Waals surface area contributed by atoms with Crippen molar-refractivity contribution >= 4 is 34.8 Å². The zero-order valence-electron chi connectivity index (χ0n) is 21.3. The van der Waals surface area contributed by atoms with E-state index >= 15 is 0 Å². The highest BCUT2D eigenvalue weighted by Gasteiger charge is 2.19. The minimum absolute atomic E-state index is 0.0735. The first-order valence-electron chi connectivity index (χ1n) is 12.0. The van der Waals surface area contributed by atoms with Gasteiger partial charge in [0.05, 0.1) is 18.5 Å². The van der Waals surface area contributed by atoms with Gasteiger partial charge in [0.2, 0.25) is 5.91 Å². The molecule has 0 aliphatic carbocycles. The number of hydrogen-bond donors (Lipinski definition) is 4. The summed E-state index contributed by atoms with van der Waals surface area (Å²) < 4.78 is 10.8. The van der Waals surface area contributed by atoms with Crippen LogP contribution in [0.1, 0.15) is 48.2 Å². The van der Waals surface area contributed by atoms with Gasteiger partial charge >= 0.3 is 6.09 Å². The number of allylic oxidation sites excluding steroid dienone is 1. The Bertz CT molecular complexity index is 1300. The van der Waals surface area contributed by atoms with Crippen LogP contribution in [0.4, 0.5) is 21.9 Å². The lowest BCUT2D eigenvalue weighted by atomic mass is 10.0. The third-order valence-corrected chi connectivity index (χ3v) is 5.69. The fourth-order valence-corrected chi connectivity index (χ4v) is 3.66. The standard InChI is InChI=1S/C29H31N3O6/c1-19(33)20-12-15-22(16-13-20)31-29(36)38-26(21-14-17-27(37-2)25(34)18-21)10-4-3-5-11-28(35)32-24-9-7-6-8-23(24)30/h5-9,11-18,26,34H,3-4,10,30H2,1-2H3,(H,31,36)(H,32,35)/b11-5+/t26-/m1/s1. The highest BCUT2D eigenvalue weighted by molar-refractivity contribution is 6.01. The SMILES string of the molecule is COc1ccc([C@@H](CCC/C=C/C(=O)Nc2ccccc2N)OC(=O)Nc2ccc(C(C)=O)cc2)cc1O. The molecule has 3 aromatic carbocycles. The third-order valence-electron chi connectivity index (χ3n) is 5.69. The largest absolute Gasteiger partial charge is 0.504 e. The number of carbonyl (C=O) groups is 3. The van der Waals surface area contributed by atoms with E-state index in [1.165, 1.54) is 26.2 Å². The number of nitrogens with one attached hydrogen (secondary N) is 2. The topological polar surface area (TPSA) is 140 Å². The average Bonchev–Trinajstić information content (AvgIpc) is 2.89. The molecule has 0 fully saturated rings. The summed E-state index contributed by atoms with van der Waals surface area (Å²) in [6, 6.07) is 18.3. The van der Waals surface area contributed by atoms with Crippen LogP contribution in [0.25, 0.3) is 0 Å². The maximum absolute atomic E-state index is 12.6. The second kappa shape index (κ2) is 13.5. The number of phenolic OH excluding ortho intramolecular Hbond substituents is 1. The van der Waals surface area contributed by atoms with Crippen molar-refractivity contribution in [2.24, 2.45) is 0 Å². The lowest BCUT2D eigenvalue weighted by molar-refractivity contribution is -0.111. The number of methoxy groups -OCH3 is 1. The molecule has 5 N–H and O–H groups in total. The summed E-state index contributed by atoms with van der Waals surface area (Å²) in [4.78, 5) is 36.3. The maximum atomic E-state index is 12.6. The molecule has 3 aromatic rings. The molecule has 2 amide bonds. The molecular formula is C29H31N3O6. The number of rotatable bonds is 11. The van der Waals surface area contributed by atoms with Crippen LogP contribution < -0.4 is 21.1 Å². The van der Waals surface area contributed by atoms with Gasteiger partial charge in [0.15, 0.2) is 17.3 Å². The summed E-state index contributed by atoms with van der Waals surface area (Å²) in [5.41, 5.74) is 8.46. The van der Waals surface area contributed by atoms with E-state index in [-0.39, 0.29) is 17.4 Å². The van der Waals surface area contributed by atoms with E-state index < -0.39 is 12.2 Å². The van der Waals surface area contributed by atoms with Crippen molar-refractivity contribution in [1.29, 1.82) is 0 Å². The van der Waals surface area contributed by atoms with Crippen molar-refractivity contribution in [3.05, 3.63) is 90.0 Å². The second-order valence-electron chi connectivity index (χ2n) is 8.49. The number of carbonyl (C=O) groups excluding carboxylic acids is 3. The second-order valence-corrected chi connectivity index (χ2v) is 8.49. The molecule has 0 spiro atoms. The molecule has 0 bridgehead atoms. The molecule has 0 aromatic heterocycles. The summed E-state index contributed by atoms with van der Waals surface area (Å²) in [5.74, 6) is -0.147. The molecule has 0 aliphatic rings. The van der Waals surface area contributed by atoms with Gasteiger partial charge in [0.1, 0.15) is 6.10 Å². The Labute approximate surface area is 221 Å². The van der Waals surface area contributed by atoms with E-state index in [1.54, 1.807) is 66.7 Å². The molecule has 9 nitrogen and oxygen atoms in total. The van der Waals surface area contributed by atoms with Crippen LogP contribution in [0, 0.1) is 0 Å². The van der Waals surface area contributed by atoms with Crippen LogP contribution in [0.15, 0.2) is 78.9 Å². The van der Waals surface area contributed by atoms with Gasteiger partial charge in [0, 0.05) is 11.3 Å². The van der Waals surface area contributed by atoms with Crippen LogP contribution in [-0.4, -0.2) is 30.0 Å². The Hall–Kier alpha value is -4.79. The number of anilines is 3. The number of nitrogens with two attached hydrogens (primary N) is 1. The van der Waals surface area contributed by atoms with Crippen molar-refractivity contribution in [2.75, 3.05) is 23.5 Å². The van der Waals surface area contributed by atoms with E-state index in [0.717, 1.165) is 0 Å². The smallest absolute Gasteiger partial charge is 0.412 e. The Balaban J connectivity index is 1.61. The first-order chi connectivity index (χ1) is 18.3. The zero-order chi connectivity index (χ0) is 27.5. The predicted molar refractivity (Wildman–Crippen MR) is 146 cm³/mol. The summed E-state index contributed by atoms with van der Waals surface area (Å²) in [6.07, 6.45) is 3.38. The Morgan fingerprint density at radius 2 is 1.76 bits per heavy atom. The van der Waals surface area contributed by atoms with E-state index in [2.05, 4.69) is 10.6 Å². The number of Topliss-reactive ketones (excluding diaryl/α,β-unsaturated/α-hetero) is 1. The molecule has 0 saturated heterocycles. The number of nitrogen functional groups attached to an aromatic ring is 1. The van der Waals surface area contributed by atoms with Gasteiger partial charge in [-0.1, -0.05) is 24.3 Å². The van der Waals surface area contributed by atoms with Crippen LogP contribution in [-0.2, 0) is 9.53 Å². The van der Waals surface area contributed by atoms with Crippen molar-refractivity contribution < 1.29 is 29.0 Å². The van der Waals surface area contributed by atoms with Gasteiger partial charge < -0.3 is 25.6 Å². The summed E-state index contributed by atoms with van der Waals surface area (Å²) >= 11 is 0. The van der Waals surface area contributed by atoms with Crippen molar-refractivity contribution in [3.8, 4) is 11.5 Å². The van der Waals surface area contributed by atoms with Gasteiger partial charge in [0.25, 0.3) is 0 Å². The quantitative estimate of drug-likeness (QED) is 0.108. The third kappa shape index (κ3) is 8.12. The number of aromatic hydroxyl groups is 1. The number of phenols is 1. The van der Waals surface area contributed by atoms with E-state index in [9.17, 15) is 19.5 Å². The zero-order valence-corrected chi connectivity index (χ0v) is 21.3. The number of para-hydroxylation sites is 2. The molecule has 0 heterocycles. The van der Waals surface area contributed by atoms with Crippen LogP contribution in [0.5, 0.6) is 11.5 Å². The number of amides is 2. The Morgan fingerprint density at radius 3 is 2.42 bits per heavy atom. The molecule has 198 valence electrons. The molecular weight excluding hydrogens is 486 g/mol. The van der Waals surface area contributed by atoms with Crippen LogP contribution in [0.3, 0.4) is 0 Å². The summed E-state index contributed by atoms with van der Waals surface area (Å²) in [5, 5.41) is 15.6. The molecule has 9 heteroatoms. The minimum atomic E-state index is -0.684. The maximum Gasteiger partial charge on any atom is 0.412 e. The van der Waals surface area contributed by atoms with Gasteiger partial charge in [-0.05, 0) is 86.4 Å². The monoisotopic (exact) mass is 517 g/mol. The van der Waals surface area contributed by atoms with Gasteiger partial charge in [-0.2, -0.15) is 0 Å². The van der Waals surface area contributed by atoms with Gasteiger partial charge in [-0.25, -0.2) is 4.79 Å². The summed E-state index contributed by atoms with van der Waals surface area (Å²) in [6.45, 7) is 1.46. The highest BCUT2D eigenvalue weighted by atomic mass is 16.6. The van der Waals surface area contributed by atoms with Gasteiger partial charge in [-0.3, -0.25) is 14.9 Å². The molecule has 3 rings (SSSR count). The number of ketones is 1. The molecule has 0 saturated carbocycles. The number of ether oxygens (including phenoxy) is 2. The van der Waals surface area contributed by atoms with Crippen molar-refractivity contribution in [2.45, 2.75) is 32.3 Å². The average molecular weight is 518 g/mol. The molecule has 0 aliphatic heterocycles. The van der Waals surface area contributed by atoms with E-state index in [4.69, 9.17) is 15.2 Å². The van der Waals surface area contributed by atoms with Crippen molar-refractivity contribution in [3.63, 3.8) is 0 Å². The fraction of sp³-hybridized carbons (Fsp3) is 0.207. The molecule has 0 radical (unpaired) electrons. The minimum Gasteiger partial charge on any atom is -0.504 e. The number of unbranched alkanes of at least 4 members (excludes halogenated alkanes) is 1. The number of benzene rings is 3. The highest BCUT2D eigenvalue weighted by Crippen LogP contribution is 2.32. The Kier molecular flexibility index (Phi) is 9.87. The predicted octanol–water partition coefficient (Wildman–Crippen LogP) is 5.84. The van der Waals surface area contributed by atoms with Crippen molar-refractivity contribution in [1.82, 2.24) is 0 Å². The molecule has 1 atom stereocenters. The fourth-order valence-electron chi connectivity index (χ4n) is 3.66. The summed E-state index contributed by atoms with van der Waals surface area (Å²) in [7, 11) is 1.45. The normalized spacial score (nSPS) is 11.5. The lowest BCUT2D eigenvalue weighted by Gasteiger charge is -2.19. The molecule has 38 heavy (non-hydrogen) atoms. The van der Waals surface area contributed by atoms with E-state index in [1.807, 2.05) is 0 Å². The molecule has 0 unspecified atom stereocenters.